The Morgan fingerprint density at radius 2 is 2.25 bits per heavy atom. The van der Waals surface area contributed by atoms with Gasteiger partial charge in [-0.05, 0) is 12.1 Å². The van der Waals surface area contributed by atoms with Crippen molar-refractivity contribution in [1.29, 1.82) is 0 Å². The van der Waals surface area contributed by atoms with Crippen molar-refractivity contribution >= 4 is 29.6 Å². The Bertz CT molecular complexity index is 419. The molecule has 0 atom stereocenters. The summed E-state index contributed by atoms with van der Waals surface area (Å²) in [6.07, 6.45) is 1.57. The van der Waals surface area contributed by atoms with Crippen molar-refractivity contribution in [2.45, 2.75) is 0 Å². The maximum atomic E-state index is 11.4. The molecule has 1 heterocycles. The van der Waals surface area contributed by atoms with Crippen LogP contribution in [0.4, 0.5) is 5.69 Å². The second kappa shape index (κ2) is 5.46. The fourth-order valence-electron chi connectivity index (χ4n) is 0.957. The fourth-order valence-corrected chi connectivity index (χ4v) is 1.10. The normalized spacial score (nSPS) is 10.5. The molecule has 0 aromatic carbocycles. The van der Waals surface area contributed by atoms with Gasteiger partial charge in [0.05, 0.1) is 19.1 Å². The van der Waals surface area contributed by atoms with Crippen molar-refractivity contribution in [3.8, 4) is 0 Å². The molecule has 0 unspecified atom stereocenters. The van der Waals surface area contributed by atoms with E-state index in [-0.39, 0.29) is 10.8 Å². The Kier molecular flexibility index (Phi) is 4.25. The molecule has 86 valence electrons. The van der Waals surface area contributed by atoms with Crippen LogP contribution in [0.3, 0.4) is 0 Å². The first-order chi connectivity index (χ1) is 7.54. The number of carbonyl (C=O) groups is 1. The lowest BCUT2D eigenvalue weighted by Crippen LogP contribution is -2.08. The van der Waals surface area contributed by atoms with Crippen molar-refractivity contribution < 1.29 is 9.53 Å². The Hall–Kier alpha value is -1.62. The Labute approximate surface area is 98.7 Å². The topological polar surface area (TPSA) is 54.8 Å². The van der Waals surface area contributed by atoms with Crippen LogP contribution in [-0.4, -0.2) is 43.4 Å². The summed E-state index contributed by atoms with van der Waals surface area (Å²) in [5, 5.41) is 0.226. The molecule has 5 nitrogen and oxygen atoms in total. The van der Waals surface area contributed by atoms with Gasteiger partial charge in [-0.1, -0.05) is 11.6 Å². The molecular formula is C10H12ClN3O2. The molecule has 0 N–H and O–H groups in total. The van der Waals surface area contributed by atoms with Crippen molar-refractivity contribution in [2.75, 3.05) is 21.2 Å². The van der Waals surface area contributed by atoms with E-state index in [9.17, 15) is 4.79 Å². The van der Waals surface area contributed by atoms with Gasteiger partial charge in [-0.3, -0.25) is 0 Å². The molecule has 0 radical (unpaired) electrons. The fraction of sp³-hybridized carbons (Fsp3) is 0.300. The second-order valence-corrected chi connectivity index (χ2v) is 3.59. The first-order valence-corrected chi connectivity index (χ1v) is 4.88. The summed E-state index contributed by atoms with van der Waals surface area (Å²) in [4.78, 5) is 21.1. The van der Waals surface area contributed by atoms with Crippen molar-refractivity contribution in [1.82, 2.24) is 9.88 Å². The van der Waals surface area contributed by atoms with Gasteiger partial charge in [-0.15, -0.1) is 0 Å². The van der Waals surface area contributed by atoms with Gasteiger partial charge in [-0.2, -0.15) is 0 Å². The molecule has 0 aliphatic heterocycles. The van der Waals surface area contributed by atoms with Crippen LogP contribution in [0.1, 0.15) is 10.5 Å². The van der Waals surface area contributed by atoms with Crippen LogP contribution < -0.4 is 0 Å². The largest absolute Gasteiger partial charge is 0.464 e. The third-order valence-corrected chi connectivity index (χ3v) is 1.86. The van der Waals surface area contributed by atoms with Crippen LogP contribution in [0.15, 0.2) is 17.1 Å². The van der Waals surface area contributed by atoms with E-state index in [1.807, 2.05) is 14.1 Å². The van der Waals surface area contributed by atoms with Gasteiger partial charge in [0.25, 0.3) is 0 Å². The zero-order valence-electron chi connectivity index (χ0n) is 9.27. The summed E-state index contributed by atoms with van der Waals surface area (Å²) in [5.74, 6) is -0.562. The van der Waals surface area contributed by atoms with Crippen molar-refractivity contribution in [2.24, 2.45) is 4.99 Å². The number of hydrogen-bond acceptors (Lipinski definition) is 4. The molecule has 6 heteroatoms. The van der Waals surface area contributed by atoms with Gasteiger partial charge in [0.2, 0.25) is 0 Å². The predicted octanol–water partition coefficient (Wildman–Crippen LogP) is 1.74. The molecule has 0 amide bonds. The number of ether oxygens (including phenoxy) is 1. The number of nitrogens with zero attached hydrogens (tertiary/aromatic N) is 3. The first kappa shape index (κ1) is 12.4. The van der Waals surface area contributed by atoms with E-state index in [0.717, 1.165) is 0 Å². The quantitative estimate of drug-likeness (QED) is 0.350. The first-order valence-electron chi connectivity index (χ1n) is 4.50. The molecule has 0 fully saturated rings. The van der Waals surface area contributed by atoms with Gasteiger partial charge in [0, 0.05) is 14.1 Å². The summed E-state index contributed by atoms with van der Waals surface area (Å²) in [7, 11) is 4.93. The summed E-state index contributed by atoms with van der Waals surface area (Å²) in [5.41, 5.74) is 0.526. The molecule has 1 aromatic rings. The van der Waals surface area contributed by atoms with E-state index in [0.29, 0.717) is 5.69 Å². The lowest BCUT2D eigenvalue weighted by atomic mass is 10.3. The van der Waals surface area contributed by atoms with E-state index in [1.54, 1.807) is 23.4 Å². The van der Waals surface area contributed by atoms with Crippen molar-refractivity contribution in [3.05, 3.63) is 23.0 Å². The van der Waals surface area contributed by atoms with Gasteiger partial charge in [-0.25, -0.2) is 14.8 Å². The maximum absolute atomic E-state index is 11.4. The molecule has 1 aromatic heterocycles. The summed E-state index contributed by atoms with van der Waals surface area (Å²) < 4.78 is 4.59. The van der Waals surface area contributed by atoms with Crippen LogP contribution in [0.25, 0.3) is 0 Å². The number of hydrogen-bond donors (Lipinski definition) is 0. The van der Waals surface area contributed by atoms with Crippen LogP contribution in [0.5, 0.6) is 0 Å². The highest BCUT2D eigenvalue weighted by Crippen LogP contribution is 2.20. The van der Waals surface area contributed by atoms with Gasteiger partial charge in [0.1, 0.15) is 5.15 Å². The number of carbonyl (C=O) groups excluding carboxylic acids is 1. The zero-order valence-corrected chi connectivity index (χ0v) is 10.0. The Balaban J connectivity index is 3.12. The highest BCUT2D eigenvalue weighted by molar-refractivity contribution is 6.29. The Morgan fingerprint density at radius 3 is 2.81 bits per heavy atom. The Morgan fingerprint density at radius 1 is 1.56 bits per heavy atom. The summed E-state index contributed by atoms with van der Waals surface area (Å²) >= 11 is 5.70. The zero-order chi connectivity index (χ0) is 12.1. The molecule has 0 aliphatic rings. The van der Waals surface area contributed by atoms with Gasteiger partial charge >= 0.3 is 5.97 Å². The van der Waals surface area contributed by atoms with E-state index >= 15 is 0 Å². The third-order valence-electron chi connectivity index (χ3n) is 1.65. The minimum Gasteiger partial charge on any atom is -0.464 e. The molecule has 0 saturated carbocycles. The van der Waals surface area contributed by atoms with Crippen LogP contribution in [0, 0.1) is 0 Å². The lowest BCUT2D eigenvalue weighted by Gasteiger charge is -2.05. The second-order valence-electron chi connectivity index (χ2n) is 3.20. The molecule has 0 spiro atoms. The molecule has 0 saturated heterocycles. The number of aromatic nitrogens is 1. The van der Waals surface area contributed by atoms with Gasteiger partial charge in [0.15, 0.2) is 5.69 Å². The lowest BCUT2D eigenvalue weighted by molar-refractivity contribution is 0.0595. The molecule has 1 rings (SSSR count). The third kappa shape index (κ3) is 3.20. The van der Waals surface area contributed by atoms with E-state index in [1.165, 1.54) is 7.11 Å². The summed E-state index contributed by atoms with van der Waals surface area (Å²) in [6.45, 7) is 0. The van der Waals surface area contributed by atoms with Crippen LogP contribution in [-0.2, 0) is 4.74 Å². The number of esters is 1. The number of halogens is 1. The highest BCUT2D eigenvalue weighted by Gasteiger charge is 2.13. The number of pyridine rings is 1. The van der Waals surface area contributed by atoms with Crippen LogP contribution in [0.2, 0.25) is 5.15 Å². The monoisotopic (exact) mass is 241 g/mol. The smallest absolute Gasteiger partial charge is 0.358 e. The molecular weight excluding hydrogens is 230 g/mol. The minimum absolute atomic E-state index is 0.105. The van der Waals surface area contributed by atoms with E-state index < -0.39 is 5.97 Å². The minimum atomic E-state index is -0.562. The molecule has 0 bridgehead atoms. The highest BCUT2D eigenvalue weighted by atomic mass is 35.5. The van der Waals surface area contributed by atoms with E-state index in [4.69, 9.17) is 11.6 Å². The summed E-state index contributed by atoms with van der Waals surface area (Å²) in [6, 6.07) is 3.18. The van der Waals surface area contributed by atoms with E-state index in [2.05, 4.69) is 14.7 Å². The molecule has 16 heavy (non-hydrogen) atoms. The molecule has 0 aliphatic carbocycles. The maximum Gasteiger partial charge on any atom is 0.358 e. The standard InChI is InChI=1S/C10H12ClN3O2/c1-14(2)6-12-7-4-5-8(11)13-9(7)10(15)16-3/h4-6H,1-3H3/b12-6+. The number of methoxy groups -OCH3 is 1. The predicted molar refractivity (Wildman–Crippen MR) is 62.4 cm³/mol. The average molecular weight is 242 g/mol. The average Bonchev–Trinajstić information content (AvgIpc) is 2.26. The SMILES string of the molecule is COC(=O)c1nc(Cl)ccc1/N=C/N(C)C. The number of rotatable bonds is 3. The van der Waals surface area contributed by atoms with Crippen LogP contribution >= 0.6 is 11.6 Å². The van der Waals surface area contributed by atoms with Gasteiger partial charge < -0.3 is 9.64 Å². The van der Waals surface area contributed by atoms with Crippen molar-refractivity contribution in [3.63, 3.8) is 0 Å². The number of aliphatic imine (C=N–C) groups is 1.